The van der Waals surface area contributed by atoms with Crippen LogP contribution >= 0.6 is 0 Å². The van der Waals surface area contributed by atoms with Crippen LogP contribution in [0.5, 0.6) is 0 Å². The second kappa shape index (κ2) is 5.58. The number of fused-ring (bicyclic) bond motifs is 1. The zero-order valence-corrected chi connectivity index (χ0v) is 9.05. The van der Waals surface area contributed by atoms with Gasteiger partial charge in [-0.25, -0.2) is 0 Å². The summed E-state index contributed by atoms with van der Waals surface area (Å²) in [5, 5.41) is 0. The molecule has 0 saturated heterocycles. The molecule has 1 aliphatic rings. The predicted molar refractivity (Wildman–Crippen MR) is 59.4 cm³/mol. The lowest BCUT2D eigenvalue weighted by Gasteiger charge is -1.93. The summed E-state index contributed by atoms with van der Waals surface area (Å²) in [6, 6.07) is 8.74. The van der Waals surface area contributed by atoms with Crippen molar-refractivity contribution in [2.24, 2.45) is 0 Å². The van der Waals surface area contributed by atoms with E-state index in [1.807, 2.05) is 6.92 Å². The average molecular weight is 190 g/mol. The maximum Gasteiger partial charge on any atom is 0.129 e. The van der Waals surface area contributed by atoms with Gasteiger partial charge in [0.1, 0.15) is 5.78 Å². The van der Waals surface area contributed by atoms with Crippen molar-refractivity contribution in [3.05, 3.63) is 35.4 Å². The van der Waals surface area contributed by atoms with Gasteiger partial charge in [0.05, 0.1) is 0 Å². The zero-order chi connectivity index (χ0) is 10.4. The zero-order valence-electron chi connectivity index (χ0n) is 9.05. The molecule has 1 aliphatic carbocycles. The molecule has 2 rings (SSSR count). The van der Waals surface area contributed by atoms with Gasteiger partial charge in [-0.3, -0.25) is 0 Å². The number of aryl methyl sites for hydroxylation is 2. The number of rotatable bonds is 1. The standard InChI is InChI=1S/C9H10.C4H8O/c1-2-5-9-7-3-6-8(9)4-1;1-3-4(2)5/h1-2,4-5H,3,6-7H2;3H2,1-2H3. The first-order valence-corrected chi connectivity index (χ1v) is 5.30. The summed E-state index contributed by atoms with van der Waals surface area (Å²) in [6.45, 7) is 3.43. The van der Waals surface area contributed by atoms with E-state index in [0.29, 0.717) is 6.42 Å². The van der Waals surface area contributed by atoms with Crippen molar-refractivity contribution in [2.45, 2.75) is 39.5 Å². The Balaban J connectivity index is 0.000000171. The van der Waals surface area contributed by atoms with E-state index >= 15 is 0 Å². The van der Waals surface area contributed by atoms with Crippen LogP contribution in [0.15, 0.2) is 24.3 Å². The molecule has 0 atom stereocenters. The molecule has 1 aromatic rings. The van der Waals surface area contributed by atoms with E-state index in [1.165, 1.54) is 19.3 Å². The van der Waals surface area contributed by atoms with Gasteiger partial charge in [0, 0.05) is 6.42 Å². The molecule has 0 saturated carbocycles. The van der Waals surface area contributed by atoms with E-state index in [2.05, 4.69) is 24.3 Å². The van der Waals surface area contributed by atoms with Crippen LogP contribution in [0.2, 0.25) is 0 Å². The Kier molecular flexibility index (Phi) is 4.37. The highest BCUT2D eigenvalue weighted by molar-refractivity contribution is 5.74. The third-order valence-corrected chi connectivity index (χ3v) is 2.51. The van der Waals surface area contributed by atoms with Crippen molar-refractivity contribution in [3.63, 3.8) is 0 Å². The van der Waals surface area contributed by atoms with Gasteiger partial charge < -0.3 is 4.79 Å². The van der Waals surface area contributed by atoms with Gasteiger partial charge in [0.15, 0.2) is 0 Å². The summed E-state index contributed by atoms with van der Waals surface area (Å²) in [6.07, 6.45) is 4.63. The summed E-state index contributed by atoms with van der Waals surface area (Å²) in [5.74, 6) is 0.255. The maximum atomic E-state index is 9.81. The Morgan fingerprint density at radius 1 is 1.21 bits per heavy atom. The molecule has 0 spiro atoms. The highest BCUT2D eigenvalue weighted by Crippen LogP contribution is 2.20. The summed E-state index contributed by atoms with van der Waals surface area (Å²) < 4.78 is 0. The minimum atomic E-state index is 0.255. The highest BCUT2D eigenvalue weighted by atomic mass is 16.1. The second-order valence-electron chi connectivity index (χ2n) is 3.68. The van der Waals surface area contributed by atoms with Gasteiger partial charge in [-0.15, -0.1) is 0 Å². The Hall–Kier alpha value is -1.11. The summed E-state index contributed by atoms with van der Waals surface area (Å²) >= 11 is 0. The molecule has 76 valence electrons. The predicted octanol–water partition coefficient (Wildman–Crippen LogP) is 3.16. The third-order valence-electron chi connectivity index (χ3n) is 2.51. The topological polar surface area (TPSA) is 17.1 Å². The monoisotopic (exact) mass is 190 g/mol. The van der Waals surface area contributed by atoms with Crippen LogP contribution in [0.4, 0.5) is 0 Å². The van der Waals surface area contributed by atoms with Gasteiger partial charge in [0.2, 0.25) is 0 Å². The van der Waals surface area contributed by atoms with Crippen LogP contribution in [0.3, 0.4) is 0 Å². The summed E-state index contributed by atoms with van der Waals surface area (Å²) in [5.41, 5.74) is 3.13. The fourth-order valence-electron chi connectivity index (χ4n) is 1.51. The molecule has 0 aromatic heterocycles. The first kappa shape index (κ1) is 11.0. The van der Waals surface area contributed by atoms with E-state index in [0.717, 1.165) is 0 Å². The first-order valence-electron chi connectivity index (χ1n) is 5.30. The molecular weight excluding hydrogens is 172 g/mol. The lowest BCUT2D eigenvalue weighted by Crippen LogP contribution is -1.80. The smallest absolute Gasteiger partial charge is 0.129 e. The van der Waals surface area contributed by atoms with Gasteiger partial charge in [-0.05, 0) is 37.3 Å². The van der Waals surface area contributed by atoms with E-state index in [4.69, 9.17) is 0 Å². The molecule has 0 radical (unpaired) electrons. The lowest BCUT2D eigenvalue weighted by molar-refractivity contribution is -0.116. The van der Waals surface area contributed by atoms with Crippen LogP contribution in [0, 0.1) is 0 Å². The van der Waals surface area contributed by atoms with Gasteiger partial charge in [0.25, 0.3) is 0 Å². The molecule has 0 unspecified atom stereocenters. The van der Waals surface area contributed by atoms with Crippen LogP contribution in [-0.2, 0) is 17.6 Å². The van der Waals surface area contributed by atoms with Crippen molar-refractivity contribution in [1.82, 2.24) is 0 Å². The normalized spacial score (nSPS) is 12.7. The SMILES string of the molecule is CCC(C)=O.c1ccc2c(c1)CCC2. The van der Waals surface area contributed by atoms with Gasteiger partial charge >= 0.3 is 0 Å². The van der Waals surface area contributed by atoms with Crippen LogP contribution in [0.25, 0.3) is 0 Å². The van der Waals surface area contributed by atoms with Gasteiger partial charge in [-0.2, -0.15) is 0 Å². The number of hydrogen-bond acceptors (Lipinski definition) is 1. The molecule has 0 N–H and O–H groups in total. The molecule has 1 nitrogen and oxygen atoms in total. The molecule has 0 bridgehead atoms. The molecule has 0 heterocycles. The fourth-order valence-corrected chi connectivity index (χ4v) is 1.51. The molecule has 0 amide bonds. The third kappa shape index (κ3) is 3.33. The first-order chi connectivity index (χ1) is 6.74. The number of benzene rings is 1. The number of hydrogen-bond donors (Lipinski definition) is 0. The molecule has 14 heavy (non-hydrogen) atoms. The minimum Gasteiger partial charge on any atom is -0.300 e. The van der Waals surface area contributed by atoms with Crippen LogP contribution in [-0.4, -0.2) is 5.78 Å². The Morgan fingerprint density at radius 3 is 2.00 bits per heavy atom. The van der Waals surface area contributed by atoms with Crippen molar-refractivity contribution < 1.29 is 4.79 Å². The lowest BCUT2D eigenvalue weighted by atomic mass is 10.1. The molecule has 1 aromatic carbocycles. The number of carbonyl (C=O) groups is 1. The maximum absolute atomic E-state index is 9.81. The van der Waals surface area contributed by atoms with Crippen LogP contribution in [0.1, 0.15) is 37.8 Å². The van der Waals surface area contributed by atoms with Crippen LogP contribution < -0.4 is 0 Å². The van der Waals surface area contributed by atoms with Crippen molar-refractivity contribution >= 4 is 5.78 Å². The minimum absolute atomic E-state index is 0.255. The number of Topliss-reactive ketones (excluding diaryl/α,β-unsaturated/α-hetero) is 1. The Bertz CT molecular complexity index is 279. The second-order valence-corrected chi connectivity index (χ2v) is 3.68. The Morgan fingerprint density at radius 2 is 1.64 bits per heavy atom. The van der Waals surface area contributed by atoms with Crippen molar-refractivity contribution in [3.8, 4) is 0 Å². The molecule has 0 fully saturated rings. The van der Waals surface area contributed by atoms with Crippen molar-refractivity contribution in [1.29, 1.82) is 0 Å². The molecule has 1 heteroatoms. The highest BCUT2D eigenvalue weighted by Gasteiger charge is 2.07. The fraction of sp³-hybridized carbons (Fsp3) is 0.462. The van der Waals surface area contributed by atoms with E-state index < -0.39 is 0 Å². The largest absolute Gasteiger partial charge is 0.300 e. The average Bonchev–Trinajstić information content (AvgIpc) is 2.66. The van der Waals surface area contributed by atoms with Gasteiger partial charge in [-0.1, -0.05) is 31.2 Å². The quantitative estimate of drug-likeness (QED) is 0.664. The number of ketones is 1. The van der Waals surface area contributed by atoms with E-state index in [-0.39, 0.29) is 5.78 Å². The molecule has 0 aliphatic heterocycles. The molecular formula is C13H18O. The van der Waals surface area contributed by atoms with E-state index in [9.17, 15) is 4.79 Å². The van der Waals surface area contributed by atoms with Crippen molar-refractivity contribution in [2.75, 3.05) is 0 Å². The number of carbonyl (C=O) groups excluding carboxylic acids is 1. The summed E-state index contributed by atoms with van der Waals surface area (Å²) in [7, 11) is 0. The summed E-state index contributed by atoms with van der Waals surface area (Å²) in [4.78, 5) is 9.81. The Labute approximate surface area is 86.1 Å². The van der Waals surface area contributed by atoms with E-state index in [1.54, 1.807) is 18.1 Å².